The number of rotatable bonds is 2. The molecule has 0 unspecified atom stereocenters. The van der Waals surface area contributed by atoms with E-state index in [-0.39, 0.29) is 11.7 Å². The summed E-state index contributed by atoms with van der Waals surface area (Å²) >= 11 is 0. The van der Waals surface area contributed by atoms with Gasteiger partial charge in [0.25, 0.3) is 5.91 Å². The Balaban J connectivity index is 2.44. The fourth-order valence-electron chi connectivity index (χ4n) is 1.56. The predicted molar refractivity (Wildman–Crippen MR) is 69.1 cm³/mol. The van der Waals surface area contributed by atoms with Crippen molar-refractivity contribution in [3.05, 3.63) is 48.6 Å². The van der Waals surface area contributed by atoms with E-state index in [1.54, 1.807) is 19.1 Å². The third-order valence-electron chi connectivity index (χ3n) is 2.50. The molecule has 2 aromatic carbocycles. The largest absolute Gasteiger partial charge is 0.506 e. The van der Waals surface area contributed by atoms with E-state index in [1.165, 1.54) is 0 Å². The minimum atomic E-state index is -0.296. The lowest BCUT2D eigenvalue weighted by atomic mass is 10.1. The van der Waals surface area contributed by atoms with E-state index in [0.717, 1.165) is 10.8 Å². The standard InChI is InChI=1S/C14H13NO2/c1-9(2)14(17)15-12-7-10-5-3-4-6-11(10)8-13(12)16/h3-8,16H,1H2,2H3,(H,15,17). The summed E-state index contributed by atoms with van der Waals surface area (Å²) in [7, 11) is 0. The van der Waals surface area contributed by atoms with Crippen molar-refractivity contribution in [2.75, 3.05) is 5.32 Å². The number of nitrogens with one attached hydrogen (secondary N) is 1. The van der Waals surface area contributed by atoms with Crippen LogP contribution in [0.1, 0.15) is 6.92 Å². The van der Waals surface area contributed by atoms with Crippen LogP contribution in [0.3, 0.4) is 0 Å². The number of aromatic hydroxyl groups is 1. The SMILES string of the molecule is C=C(C)C(=O)Nc1cc2ccccc2cc1O. The van der Waals surface area contributed by atoms with Gasteiger partial charge in [-0.1, -0.05) is 30.8 Å². The second-order valence-electron chi connectivity index (χ2n) is 3.95. The van der Waals surface area contributed by atoms with Crippen molar-refractivity contribution < 1.29 is 9.90 Å². The van der Waals surface area contributed by atoms with E-state index >= 15 is 0 Å². The van der Waals surface area contributed by atoms with Gasteiger partial charge in [-0.3, -0.25) is 4.79 Å². The number of anilines is 1. The molecule has 1 amide bonds. The van der Waals surface area contributed by atoms with Gasteiger partial charge >= 0.3 is 0 Å². The van der Waals surface area contributed by atoms with E-state index in [1.807, 2.05) is 24.3 Å². The van der Waals surface area contributed by atoms with Crippen molar-refractivity contribution in [2.24, 2.45) is 0 Å². The van der Waals surface area contributed by atoms with Crippen molar-refractivity contribution in [2.45, 2.75) is 6.92 Å². The van der Waals surface area contributed by atoms with Gasteiger partial charge in [0.15, 0.2) is 0 Å². The van der Waals surface area contributed by atoms with Crippen molar-refractivity contribution in [1.29, 1.82) is 0 Å². The van der Waals surface area contributed by atoms with Gasteiger partial charge in [-0.15, -0.1) is 0 Å². The second kappa shape index (κ2) is 4.29. The predicted octanol–water partition coefficient (Wildman–Crippen LogP) is 3.06. The molecule has 3 nitrogen and oxygen atoms in total. The van der Waals surface area contributed by atoms with E-state index in [4.69, 9.17) is 0 Å². The third-order valence-corrected chi connectivity index (χ3v) is 2.50. The summed E-state index contributed by atoms with van der Waals surface area (Å²) in [6.45, 7) is 5.17. The van der Waals surface area contributed by atoms with Crippen molar-refractivity contribution >= 4 is 22.4 Å². The highest BCUT2D eigenvalue weighted by Crippen LogP contribution is 2.29. The summed E-state index contributed by atoms with van der Waals surface area (Å²) in [6, 6.07) is 11.0. The van der Waals surface area contributed by atoms with Crippen molar-refractivity contribution in [1.82, 2.24) is 0 Å². The molecule has 0 aromatic heterocycles. The quantitative estimate of drug-likeness (QED) is 0.612. The Hall–Kier alpha value is -2.29. The molecule has 0 spiro atoms. The fraction of sp³-hybridized carbons (Fsp3) is 0.0714. The number of amides is 1. The number of carbonyl (C=O) groups is 1. The number of hydrogen-bond acceptors (Lipinski definition) is 2. The van der Waals surface area contributed by atoms with E-state index in [9.17, 15) is 9.90 Å². The van der Waals surface area contributed by atoms with Crippen LogP contribution in [0.2, 0.25) is 0 Å². The lowest BCUT2D eigenvalue weighted by Gasteiger charge is -2.08. The smallest absolute Gasteiger partial charge is 0.250 e. The zero-order valence-corrected chi connectivity index (χ0v) is 9.53. The minimum Gasteiger partial charge on any atom is -0.506 e. The molecule has 0 radical (unpaired) electrons. The molecule has 2 aromatic rings. The number of phenols is 1. The van der Waals surface area contributed by atoms with Crippen LogP contribution in [0.4, 0.5) is 5.69 Å². The number of phenolic OH excluding ortho intramolecular Hbond substituents is 1. The lowest BCUT2D eigenvalue weighted by Crippen LogP contribution is -2.11. The zero-order valence-electron chi connectivity index (χ0n) is 9.53. The molecule has 0 saturated carbocycles. The first-order valence-corrected chi connectivity index (χ1v) is 5.26. The van der Waals surface area contributed by atoms with Gasteiger partial charge in [-0.05, 0) is 29.8 Å². The lowest BCUT2D eigenvalue weighted by molar-refractivity contribution is -0.112. The van der Waals surface area contributed by atoms with Gasteiger partial charge in [0.2, 0.25) is 0 Å². The number of fused-ring (bicyclic) bond motifs is 1. The molecular formula is C14H13NO2. The Morgan fingerprint density at radius 3 is 2.41 bits per heavy atom. The molecule has 0 aliphatic carbocycles. The monoisotopic (exact) mass is 227 g/mol. The van der Waals surface area contributed by atoms with Crippen LogP contribution >= 0.6 is 0 Å². The Bertz CT molecular complexity index is 602. The molecule has 0 bridgehead atoms. The highest BCUT2D eigenvalue weighted by atomic mass is 16.3. The Kier molecular flexibility index (Phi) is 2.83. The normalized spacial score (nSPS) is 10.2. The minimum absolute atomic E-state index is 0.0540. The average Bonchev–Trinajstić information content (AvgIpc) is 2.29. The maximum Gasteiger partial charge on any atom is 0.250 e. The van der Waals surface area contributed by atoms with Crippen molar-refractivity contribution in [3.8, 4) is 5.75 Å². The van der Waals surface area contributed by atoms with Gasteiger partial charge in [-0.2, -0.15) is 0 Å². The third kappa shape index (κ3) is 2.28. The fourth-order valence-corrected chi connectivity index (χ4v) is 1.56. The maximum atomic E-state index is 11.5. The average molecular weight is 227 g/mol. The zero-order chi connectivity index (χ0) is 12.4. The highest BCUT2D eigenvalue weighted by molar-refractivity contribution is 6.05. The molecule has 0 saturated heterocycles. The van der Waals surface area contributed by atoms with Gasteiger partial charge in [0, 0.05) is 5.57 Å². The van der Waals surface area contributed by atoms with Crippen LogP contribution in [0.25, 0.3) is 10.8 Å². The van der Waals surface area contributed by atoms with E-state index in [0.29, 0.717) is 11.3 Å². The first-order valence-electron chi connectivity index (χ1n) is 5.26. The summed E-state index contributed by atoms with van der Waals surface area (Å²) in [5, 5.41) is 14.3. The summed E-state index contributed by atoms with van der Waals surface area (Å²) in [5.74, 6) is -0.242. The summed E-state index contributed by atoms with van der Waals surface area (Å²) in [6.07, 6.45) is 0. The molecule has 2 N–H and O–H groups in total. The highest BCUT2D eigenvalue weighted by Gasteiger charge is 2.07. The molecule has 0 heterocycles. The van der Waals surface area contributed by atoms with E-state index < -0.39 is 0 Å². The summed E-state index contributed by atoms with van der Waals surface area (Å²) < 4.78 is 0. The maximum absolute atomic E-state index is 11.5. The molecule has 0 atom stereocenters. The van der Waals surface area contributed by atoms with E-state index in [2.05, 4.69) is 11.9 Å². The summed E-state index contributed by atoms with van der Waals surface area (Å²) in [5.41, 5.74) is 0.800. The van der Waals surface area contributed by atoms with Gasteiger partial charge in [0.1, 0.15) is 5.75 Å². The molecule has 0 fully saturated rings. The Labute approximate surface area is 99.4 Å². The molecule has 0 aliphatic rings. The van der Waals surface area contributed by atoms with Crippen LogP contribution in [-0.2, 0) is 4.79 Å². The van der Waals surface area contributed by atoms with Crippen LogP contribution in [0.5, 0.6) is 5.75 Å². The number of hydrogen-bond donors (Lipinski definition) is 2. The number of benzene rings is 2. The van der Waals surface area contributed by atoms with Crippen LogP contribution in [0.15, 0.2) is 48.6 Å². The summed E-state index contributed by atoms with van der Waals surface area (Å²) in [4.78, 5) is 11.5. The molecular weight excluding hydrogens is 214 g/mol. The molecule has 17 heavy (non-hydrogen) atoms. The van der Waals surface area contributed by atoms with Gasteiger partial charge in [-0.25, -0.2) is 0 Å². The molecule has 2 rings (SSSR count). The van der Waals surface area contributed by atoms with Crippen LogP contribution in [0, 0.1) is 0 Å². The Morgan fingerprint density at radius 1 is 1.24 bits per heavy atom. The first kappa shape index (κ1) is 11.2. The molecule has 0 aliphatic heterocycles. The second-order valence-corrected chi connectivity index (χ2v) is 3.95. The van der Waals surface area contributed by atoms with Crippen molar-refractivity contribution in [3.63, 3.8) is 0 Å². The van der Waals surface area contributed by atoms with Crippen LogP contribution < -0.4 is 5.32 Å². The van der Waals surface area contributed by atoms with Crippen LogP contribution in [-0.4, -0.2) is 11.0 Å². The first-order chi connectivity index (χ1) is 8.08. The van der Waals surface area contributed by atoms with Gasteiger partial charge < -0.3 is 10.4 Å². The molecule has 3 heteroatoms. The number of carbonyl (C=O) groups excluding carboxylic acids is 1. The van der Waals surface area contributed by atoms with Gasteiger partial charge in [0.05, 0.1) is 5.69 Å². The topological polar surface area (TPSA) is 49.3 Å². The molecule has 86 valence electrons. The Morgan fingerprint density at radius 2 is 1.82 bits per heavy atom.